The van der Waals surface area contributed by atoms with Gasteiger partial charge in [-0.3, -0.25) is 14.5 Å². The number of hydrogen-bond donors (Lipinski definition) is 1. The van der Waals surface area contributed by atoms with Crippen LogP contribution in [0, 0.1) is 13.8 Å². The number of aryl methyl sites for hydroxylation is 2. The SMILES string of the molecule is Cc1cc(C)c2nc(N3C(=O)C(=O)C(=C(O)c4ccc5c(c4)OCCO5)C3c3ccc(Cl)c(Cl)c3)sc2c1. The Bertz CT molecular complexity index is 1700. The first kappa shape index (κ1) is 24.7. The van der Waals surface area contributed by atoms with E-state index in [0.29, 0.717) is 46.0 Å². The number of benzene rings is 3. The fourth-order valence-electron chi connectivity index (χ4n) is 4.84. The molecule has 10 heteroatoms. The lowest BCUT2D eigenvalue weighted by Gasteiger charge is -2.23. The van der Waals surface area contributed by atoms with Crippen LogP contribution in [0.2, 0.25) is 10.0 Å². The average molecular weight is 567 g/mol. The Kier molecular flexibility index (Phi) is 6.06. The van der Waals surface area contributed by atoms with Crippen molar-refractivity contribution in [1.82, 2.24) is 4.98 Å². The number of ether oxygens (including phenoxy) is 2. The summed E-state index contributed by atoms with van der Waals surface area (Å²) in [5.74, 6) is -0.992. The fraction of sp³-hybridized carbons (Fsp3) is 0.179. The van der Waals surface area contributed by atoms with Crippen molar-refractivity contribution < 1.29 is 24.2 Å². The smallest absolute Gasteiger partial charge is 0.301 e. The molecule has 4 aromatic rings. The number of aromatic nitrogens is 1. The van der Waals surface area contributed by atoms with E-state index < -0.39 is 17.7 Å². The number of thiazole rings is 1. The molecule has 6 rings (SSSR count). The standard InChI is InChI=1S/C28H20Cl2N2O5S/c1-13-9-14(2)23-21(10-13)38-28(31-23)32-24(15-3-5-17(29)18(30)11-15)22(26(34)27(32)35)25(33)16-4-6-19-20(12-16)37-8-7-36-19/h3-6,9-12,24,33H,7-8H2,1-2H3. The van der Waals surface area contributed by atoms with Crippen LogP contribution in [-0.4, -0.2) is 35.0 Å². The average Bonchev–Trinajstić information content (AvgIpc) is 3.43. The van der Waals surface area contributed by atoms with E-state index in [0.717, 1.165) is 21.3 Å². The second kappa shape index (κ2) is 9.31. The minimum absolute atomic E-state index is 0.0859. The second-order valence-corrected chi connectivity index (χ2v) is 10.9. The minimum atomic E-state index is -0.986. The largest absolute Gasteiger partial charge is 0.507 e. The molecule has 1 unspecified atom stereocenters. The lowest BCUT2D eigenvalue weighted by atomic mass is 9.95. The third kappa shape index (κ3) is 4.00. The summed E-state index contributed by atoms with van der Waals surface area (Å²) in [6, 6.07) is 12.7. The molecule has 1 amide bonds. The molecule has 1 aromatic heterocycles. The van der Waals surface area contributed by atoms with Crippen LogP contribution in [0.15, 0.2) is 54.1 Å². The molecule has 0 spiro atoms. The first-order chi connectivity index (χ1) is 18.2. The number of halogens is 2. The minimum Gasteiger partial charge on any atom is -0.507 e. The van der Waals surface area contributed by atoms with Gasteiger partial charge in [-0.25, -0.2) is 4.98 Å². The Labute approximate surface area is 231 Å². The van der Waals surface area contributed by atoms with E-state index in [9.17, 15) is 14.7 Å². The zero-order valence-electron chi connectivity index (χ0n) is 20.2. The summed E-state index contributed by atoms with van der Waals surface area (Å²) < 4.78 is 12.1. The lowest BCUT2D eigenvalue weighted by molar-refractivity contribution is -0.132. The van der Waals surface area contributed by atoms with Crippen LogP contribution in [0.25, 0.3) is 16.0 Å². The van der Waals surface area contributed by atoms with Gasteiger partial charge >= 0.3 is 5.91 Å². The molecule has 192 valence electrons. The lowest BCUT2D eigenvalue weighted by Crippen LogP contribution is -2.29. The fourth-order valence-corrected chi connectivity index (χ4v) is 6.31. The zero-order chi connectivity index (χ0) is 26.7. The van der Waals surface area contributed by atoms with E-state index in [4.69, 9.17) is 37.7 Å². The number of amides is 1. The maximum Gasteiger partial charge on any atom is 0.301 e. The summed E-state index contributed by atoms with van der Waals surface area (Å²) in [4.78, 5) is 33.1. The summed E-state index contributed by atoms with van der Waals surface area (Å²) >= 11 is 13.8. The van der Waals surface area contributed by atoms with Gasteiger partial charge in [-0.2, -0.15) is 0 Å². The predicted octanol–water partition coefficient (Wildman–Crippen LogP) is 6.62. The van der Waals surface area contributed by atoms with Crippen molar-refractivity contribution in [3.05, 3.63) is 86.4 Å². The molecular formula is C28H20Cl2N2O5S. The van der Waals surface area contributed by atoms with Crippen LogP contribution in [0.5, 0.6) is 11.5 Å². The topological polar surface area (TPSA) is 89.0 Å². The molecule has 0 bridgehead atoms. The molecule has 1 atom stereocenters. The first-order valence-corrected chi connectivity index (χ1v) is 13.3. The Morgan fingerprint density at radius 1 is 1.00 bits per heavy atom. The molecule has 7 nitrogen and oxygen atoms in total. The number of carbonyl (C=O) groups is 2. The highest BCUT2D eigenvalue weighted by Crippen LogP contribution is 2.46. The number of rotatable bonds is 3. The highest BCUT2D eigenvalue weighted by Gasteiger charge is 2.48. The number of Topliss-reactive ketones (excluding diaryl/α,β-unsaturated/α-hetero) is 1. The van der Waals surface area contributed by atoms with Gasteiger partial charge in [0, 0.05) is 5.56 Å². The van der Waals surface area contributed by atoms with E-state index in [1.165, 1.54) is 16.2 Å². The van der Waals surface area contributed by atoms with E-state index in [1.54, 1.807) is 36.4 Å². The third-order valence-electron chi connectivity index (χ3n) is 6.54. The van der Waals surface area contributed by atoms with E-state index in [1.807, 2.05) is 26.0 Å². The van der Waals surface area contributed by atoms with Gasteiger partial charge in [0.2, 0.25) is 0 Å². The Balaban J connectivity index is 1.56. The molecule has 1 fully saturated rings. The summed E-state index contributed by atoms with van der Waals surface area (Å²) in [6.45, 7) is 4.72. The molecule has 1 N–H and O–H groups in total. The number of carbonyl (C=O) groups excluding carboxylic acids is 2. The van der Waals surface area contributed by atoms with Crippen molar-refractivity contribution in [3.8, 4) is 11.5 Å². The van der Waals surface area contributed by atoms with E-state index in [2.05, 4.69) is 0 Å². The molecule has 3 aromatic carbocycles. The summed E-state index contributed by atoms with van der Waals surface area (Å²) in [5, 5.41) is 12.4. The predicted molar refractivity (Wildman–Crippen MR) is 148 cm³/mol. The van der Waals surface area contributed by atoms with Crippen molar-refractivity contribution in [1.29, 1.82) is 0 Å². The molecule has 2 aliphatic rings. The van der Waals surface area contributed by atoms with Crippen molar-refractivity contribution in [2.75, 3.05) is 18.1 Å². The number of aliphatic hydroxyl groups is 1. The maximum atomic E-state index is 13.5. The Morgan fingerprint density at radius 2 is 1.76 bits per heavy atom. The van der Waals surface area contributed by atoms with Gasteiger partial charge in [0.15, 0.2) is 16.6 Å². The van der Waals surface area contributed by atoms with Gasteiger partial charge in [-0.1, -0.05) is 46.7 Å². The van der Waals surface area contributed by atoms with E-state index in [-0.39, 0.29) is 16.4 Å². The van der Waals surface area contributed by atoms with Gasteiger partial charge in [0.05, 0.1) is 31.9 Å². The molecule has 2 aliphatic heterocycles. The Hall–Kier alpha value is -3.59. The van der Waals surface area contributed by atoms with E-state index >= 15 is 0 Å². The molecule has 1 saturated heterocycles. The van der Waals surface area contributed by atoms with Crippen LogP contribution >= 0.6 is 34.5 Å². The number of ketones is 1. The number of aliphatic hydroxyl groups excluding tert-OH is 1. The highest BCUT2D eigenvalue weighted by molar-refractivity contribution is 7.22. The van der Waals surface area contributed by atoms with Gasteiger partial charge in [-0.05, 0) is 66.9 Å². The monoisotopic (exact) mass is 566 g/mol. The number of hydrogen-bond acceptors (Lipinski definition) is 7. The zero-order valence-corrected chi connectivity index (χ0v) is 22.6. The quantitative estimate of drug-likeness (QED) is 0.170. The van der Waals surface area contributed by atoms with Gasteiger partial charge < -0.3 is 14.6 Å². The Morgan fingerprint density at radius 3 is 2.53 bits per heavy atom. The van der Waals surface area contributed by atoms with Crippen LogP contribution in [0.1, 0.15) is 28.3 Å². The van der Waals surface area contributed by atoms with Crippen LogP contribution in [0.4, 0.5) is 5.13 Å². The summed E-state index contributed by atoms with van der Waals surface area (Å²) in [7, 11) is 0. The van der Waals surface area contributed by atoms with Gasteiger partial charge in [-0.15, -0.1) is 0 Å². The van der Waals surface area contributed by atoms with Crippen LogP contribution in [-0.2, 0) is 9.59 Å². The maximum absolute atomic E-state index is 13.5. The molecule has 0 aliphatic carbocycles. The molecule has 0 saturated carbocycles. The normalized spacial score (nSPS) is 18.4. The number of fused-ring (bicyclic) bond motifs is 2. The summed E-state index contributed by atoms with van der Waals surface area (Å²) in [6.07, 6.45) is 0. The molecule has 0 radical (unpaired) electrons. The number of anilines is 1. The third-order valence-corrected chi connectivity index (χ3v) is 8.28. The van der Waals surface area contributed by atoms with Crippen molar-refractivity contribution in [3.63, 3.8) is 0 Å². The van der Waals surface area contributed by atoms with Gasteiger partial charge in [0.25, 0.3) is 5.78 Å². The van der Waals surface area contributed by atoms with Crippen LogP contribution in [0.3, 0.4) is 0 Å². The summed E-state index contributed by atoms with van der Waals surface area (Å²) in [5.41, 5.74) is 3.50. The molecular weight excluding hydrogens is 547 g/mol. The van der Waals surface area contributed by atoms with Crippen molar-refractivity contribution >= 4 is 67.3 Å². The van der Waals surface area contributed by atoms with Crippen molar-refractivity contribution in [2.24, 2.45) is 0 Å². The second-order valence-electron chi connectivity index (χ2n) is 9.13. The highest BCUT2D eigenvalue weighted by atomic mass is 35.5. The molecule has 38 heavy (non-hydrogen) atoms. The number of nitrogens with zero attached hydrogens (tertiary/aromatic N) is 2. The van der Waals surface area contributed by atoms with Crippen LogP contribution < -0.4 is 14.4 Å². The molecule has 3 heterocycles. The van der Waals surface area contributed by atoms with Crippen molar-refractivity contribution in [2.45, 2.75) is 19.9 Å². The first-order valence-electron chi connectivity index (χ1n) is 11.8. The van der Waals surface area contributed by atoms with Gasteiger partial charge in [0.1, 0.15) is 19.0 Å².